The Bertz CT molecular complexity index is 369. The van der Waals surface area contributed by atoms with Gasteiger partial charge >= 0.3 is 0 Å². The highest BCUT2D eigenvalue weighted by Gasteiger charge is 2.25. The van der Waals surface area contributed by atoms with Gasteiger partial charge in [-0.15, -0.1) is 0 Å². The third-order valence-corrected chi connectivity index (χ3v) is 3.36. The molecule has 1 atom stereocenters. The maximum absolute atomic E-state index is 11.9. The predicted octanol–water partition coefficient (Wildman–Crippen LogP) is 1.16. The number of amides is 2. The minimum Gasteiger partial charge on any atom is -0.342 e. The Morgan fingerprint density at radius 2 is 2.29 bits per heavy atom. The third-order valence-electron chi connectivity index (χ3n) is 3.36. The zero-order valence-electron chi connectivity index (χ0n) is 10.2. The van der Waals surface area contributed by atoms with Gasteiger partial charge < -0.3 is 9.80 Å². The molecule has 2 aliphatic rings. The average Bonchev–Trinajstić information content (AvgIpc) is 2.84. The lowest BCUT2D eigenvalue weighted by Crippen LogP contribution is -2.33. The van der Waals surface area contributed by atoms with Crippen LogP contribution in [0.2, 0.25) is 0 Å². The first-order valence-electron chi connectivity index (χ1n) is 6.04. The van der Waals surface area contributed by atoms with E-state index in [1.807, 2.05) is 4.90 Å². The molecule has 1 saturated heterocycles. The van der Waals surface area contributed by atoms with Gasteiger partial charge in [0.05, 0.1) is 0 Å². The summed E-state index contributed by atoms with van der Waals surface area (Å²) < 4.78 is 0. The second kappa shape index (κ2) is 4.73. The fourth-order valence-corrected chi connectivity index (χ4v) is 2.27. The molecule has 92 valence electrons. The summed E-state index contributed by atoms with van der Waals surface area (Å²) in [5, 5.41) is 0. The molecule has 2 aliphatic heterocycles. The highest BCUT2D eigenvalue weighted by atomic mass is 16.2. The van der Waals surface area contributed by atoms with Gasteiger partial charge in [0.2, 0.25) is 5.91 Å². The number of carbonyl (C=O) groups excluding carboxylic acids is 2. The SMILES string of the molecule is C=C1C=CC(=O)N1CCC(=O)N1CC[C@@H](C)C1. The van der Waals surface area contributed by atoms with E-state index < -0.39 is 0 Å². The van der Waals surface area contributed by atoms with Gasteiger partial charge in [-0.2, -0.15) is 0 Å². The normalized spacial score (nSPS) is 23.9. The molecule has 0 bridgehead atoms. The zero-order chi connectivity index (χ0) is 12.4. The first-order chi connectivity index (χ1) is 8.08. The monoisotopic (exact) mass is 234 g/mol. The maximum Gasteiger partial charge on any atom is 0.251 e. The second-order valence-electron chi connectivity index (χ2n) is 4.80. The second-order valence-corrected chi connectivity index (χ2v) is 4.80. The number of allylic oxidation sites excluding steroid dienone is 1. The van der Waals surface area contributed by atoms with Crippen molar-refractivity contribution < 1.29 is 9.59 Å². The van der Waals surface area contributed by atoms with Crippen molar-refractivity contribution >= 4 is 11.8 Å². The summed E-state index contributed by atoms with van der Waals surface area (Å²) in [6.07, 6.45) is 4.65. The van der Waals surface area contributed by atoms with E-state index >= 15 is 0 Å². The van der Waals surface area contributed by atoms with Gasteiger partial charge in [-0.25, -0.2) is 0 Å². The Kier molecular flexibility index (Phi) is 3.31. The Morgan fingerprint density at radius 3 is 2.82 bits per heavy atom. The molecule has 17 heavy (non-hydrogen) atoms. The summed E-state index contributed by atoms with van der Waals surface area (Å²) in [6, 6.07) is 0. The molecular formula is C13H18N2O2. The van der Waals surface area contributed by atoms with Crippen LogP contribution < -0.4 is 0 Å². The molecule has 4 nitrogen and oxygen atoms in total. The summed E-state index contributed by atoms with van der Waals surface area (Å²) >= 11 is 0. The lowest BCUT2D eigenvalue weighted by molar-refractivity contribution is -0.131. The van der Waals surface area contributed by atoms with E-state index in [1.165, 1.54) is 6.08 Å². The van der Waals surface area contributed by atoms with E-state index in [2.05, 4.69) is 13.5 Å². The van der Waals surface area contributed by atoms with Crippen molar-refractivity contribution in [2.75, 3.05) is 19.6 Å². The van der Waals surface area contributed by atoms with Crippen LogP contribution in [-0.2, 0) is 9.59 Å². The van der Waals surface area contributed by atoms with Gasteiger partial charge in [-0.1, -0.05) is 13.5 Å². The number of hydrogen-bond acceptors (Lipinski definition) is 2. The number of rotatable bonds is 3. The van der Waals surface area contributed by atoms with Crippen LogP contribution in [-0.4, -0.2) is 41.2 Å². The molecule has 2 amide bonds. The molecule has 0 aromatic heterocycles. The molecule has 0 N–H and O–H groups in total. The quantitative estimate of drug-likeness (QED) is 0.735. The summed E-state index contributed by atoms with van der Waals surface area (Å²) in [5.74, 6) is 0.670. The third kappa shape index (κ3) is 2.57. The number of carbonyl (C=O) groups is 2. The van der Waals surface area contributed by atoms with E-state index in [-0.39, 0.29) is 11.8 Å². The van der Waals surface area contributed by atoms with E-state index in [0.717, 1.165) is 19.5 Å². The van der Waals surface area contributed by atoms with Crippen molar-refractivity contribution in [1.29, 1.82) is 0 Å². The van der Waals surface area contributed by atoms with Crippen molar-refractivity contribution in [3.8, 4) is 0 Å². The Labute approximate surface area is 102 Å². The first kappa shape index (κ1) is 11.9. The van der Waals surface area contributed by atoms with Crippen LogP contribution in [0, 0.1) is 5.92 Å². The largest absolute Gasteiger partial charge is 0.342 e. The van der Waals surface area contributed by atoms with E-state index in [4.69, 9.17) is 0 Å². The van der Waals surface area contributed by atoms with Crippen LogP contribution in [0.15, 0.2) is 24.4 Å². The van der Waals surface area contributed by atoms with Gasteiger partial charge in [-0.3, -0.25) is 9.59 Å². The van der Waals surface area contributed by atoms with Crippen molar-refractivity contribution in [3.05, 3.63) is 24.4 Å². The van der Waals surface area contributed by atoms with Gasteiger partial charge in [0.15, 0.2) is 0 Å². The van der Waals surface area contributed by atoms with Crippen molar-refractivity contribution in [1.82, 2.24) is 9.80 Å². The Balaban J connectivity index is 1.80. The summed E-state index contributed by atoms with van der Waals surface area (Å²) in [6.45, 7) is 8.07. The number of likely N-dealkylation sites (tertiary alicyclic amines) is 1. The molecule has 0 aromatic rings. The highest BCUT2D eigenvalue weighted by Crippen LogP contribution is 2.17. The fraction of sp³-hybridized carbons (Fsp3) is 0.538. The van der Waals surface area contributed by atoms with Crippen LogP contribution in [0.3, 0.4) is 0 Å². The number of hydrogen-bond donors (Lipinski definition) is 0. The summed E-state index contributed by atoms with van der Waals surface area (Å²) in [5.41, 5.74) is 0.678. The molecule has 2 rings (SSSR count). The maximum atomic E-state index is 11.9. The molecule has 0 saturated carbocycles. The van der Waals surface area contributed by atoms with E-state index in [9.17, 15) is 9.59 Å². The van der Waals surface area contributed by atoms with Crippen LogP contribution in [0.1, 0.15) is 19.8 Å². The average molecular weight is 234 g/mol. The Hall–Kier alpha value is -1.58. The molecule has 0 aromatic carbocycles. The molecule has 2 heterocycles. The van der Waals surface area contributed by atoms with Crippen molar-refractivity contribution in [2.45, 2.75) is 19.8 Å². The van der Waals surface area contributed by atoms with E-state index in [0.29, 0.717) is 24.6 Å². The summed E-state index contributed by atoms with van der Waals surface area (Å²) in [4.78, 5) is 26.8. The lowest BCUT2D eigenvalue weighted by Gasteiger charge is -2.20. The van der Waals surface area contributed by atoms with Crippen molar-refractivity contribution in [3.63, 3.8) is 0 Å². The topological polar surface area (TPSA) is 40.6 Å². The van der Waals surface area contributed by atoms with Crippen LogP contribution in [0.25, 0.3) is 0 Å². The smallest absolute Gasteiger partial charge is 0.251 e. The first-order valence-corrected chi connectivity index (χ1v) is 6.04. The fourth-order valence-electron chi connectivity index (χ4n) is 2.27. The van der Waals surface area contributed by atoms with Gasteiger partial charge in [0.25, 0.3) is 5.91 Å². The van der Waals surface area contributed by atoms with E-state index in [1.54, 1.807) is 11.0 Å². The van der Waals surface area contributed by atoms with Crippen LogP contribution in [0.5, 0.6) is 0 Å². The molecule has 0 radical (unpaired) electrons. The predicted molar refractivity (Wildman–Crippen MR) is 65.0 cm³/mol. The molecule has 0 unspecified atom stereocenters. The molecular weight excluding hydrogens is 216 g/mol. The van der Waals surface area contributed by atoms with Crippen LogP contribution in [0.4, 0.5) is 0 Å². The van der Waals surface area contributed by atoms with Gasteiger partial charge in [0, 0.05) is 37.8 Å². The minimum absolute atomic E-state index is 0.0717. The molecule has 0 spiro atoms. The molecule has 4 heteroatoms. The Morgan fingerprint density at radius 1 is 1.53 bits per heavy atom. The molecule has 1 fully saturated rings. The molecule has 0 aliphatic carbocycles. The highest BCUT2D eigenvalue weighted by molar-refractivity contribution is 5.93. The van der Waals surface area contributed by atoms with Gasteiger partial charge in [0.1, 0.15) is 0 Å². The standard InChI is InChI=1S/C13H18N2O2/c1-10-5-7-14(9-10)12(16)6-8-15-11(2)3-4-13(15)17/h3-4,10H,2,5-9H2,1H3/t10-/m1/s1. The van der Waals surface area contributed by atoms with Crippen molar-refractivity contribution in [2.24, 2.45) is 5.92 Å². The lowest BCUT2D eigenvalue weighted by atomic mass is 10.2. The minimum atomic E-state index is -0.0717. The summed E-state index contributed by atoms with van der Waals surface area (Å²) in [7, 11) is 0. The van der Waals surface area contributed by atoms with Gasteiger partial charge in [-0.05, 0) is 18.4 Å². The number of nitrogens with zero attached hydrogens (tertiary/aromatic N) is 2. The zero-order valence-corrected chi connectivity index (χ0v) is 10.2. The van der Waals surface area contributed by atoms with Crippen LogP contribution >= 0.6 is 0 Å².